The van der Waals surface area contributed by atoms with Crippen molar-refractivity contribution in [3.8, 4) is 12.3 Å². The predicted molar refractivity (Wildman–Crippen MR) is 70.1 cm³/mol. The lowest BCUT2D eigenvalue weighted by atomic mass is 10.1. The van der Waals surface area contributed by atoms with Crippen molar-refractivity contribution >= 4 is 12.0 Å². The first kappa shape index (κ1) is 13.2. The highest BCUT2D eigenvalue weighted by Crippen LogP contribution is 2.28. The van der Waals surface area contributed by atoms with Crippen molar-refractivity contribution in [2.24, 2.45) is 0 Å². The van der Waals surface area contributed by atoms with Gasteiger partial charge in [-0.2, -0.15) is 0 Å². The smallest absolute Gasteiger partial charge is 0.417 e. The van der Waals surface area contributed by atoms with Crippen LogP contribution in [0.3, 0.4) is 0 Å². The fourth-order valence-electron chi connectivity index (χ4n) is 2.08. The Morgan fingerprint density at radius 1 is 1.42 bits per heavy atom. The molecule has 0 spiro atoms. The standard InChI is InChI=1S/C15H15NO3/c1-2-3-5-10-14(17)16-13(11-19-15(16)18)12-8-6-4-7-9-12/h1,4,6-9,13H,3,5,10-11H2/t13-/m1/s1. The molecule has 0 saturated carbocycles. The van der Waals surface area contributed by atoms with Gasteiger partial charge in [0.2, 0.25) is 5.91 Å². The molecule has 19 heavy (non-hydrogen) atoms. The molecule has 0 unspecified atom stereocenters. The van der Waals surface area contributed by atoms with Gasteiger partial charge in [-0.15, -0.1) is 12.3 Å². The number of hydrogen-bond acceptors (Lipinski definition) is 3. The average Bonchev–Trinajstić information content (AvgIpc) is 2.82. The van der Waals surface area contributed by atoms with Crippen molar-refractivity contribution in [3.05, 3.63) is 35.9 Å². The lowest BCUT2D eigenvalue weighted by molar-refractivity contribution is -0.129. The number of amides is 2. The molecule has 0 N–H and O–H groups in total. The van der Waals surface area contributed by atoms with E-state index in [2.05, 4.69) is 5.92 Å². The summed E-state index contributed by atoms with van der Waals surface area (Å²) < 4.78 is 4.99. The van der Waals surface area contributed by atoms with Gasteiger partial charge in [-0.05, 0) is 12.0 Å². The fraction of sp³-hybridized carbons (Fsp3) is 0.333. The minimum atomic E-state index is -0.570. The number of ether oxygens (including phenoxy) is 1. The van der Waals surface area contributed by atoms with E-state index >= 15 is 0 Å². The van der Waals surface area contributed by atoms with E-state index in [0.717, 1.165) is 5.56 Å². The Morgan fingerprint density at radius 3 is 2.84 bits per heavy atom. The molecule has 2 amide bonds. The number of hydrogen-bond donors (Lipinski definition) is 0. The molecule has 1 aromatic carbocycles. The van der Waals surface area contributed by atoms with E-state index in [9.17, 15) is 9.59 Å². The molecule has 1 saturated heterocycles. The molecule has 1 aliphatic heterocycles. The van der Waals surface area contributed by atoms with Crippen LogP contribution in [-0.2, 0) is 9.53 Å². The van der Waals surface area contributed by atoms with Gasteiger partial charge in [0.15, 0.2) is 0 Å². The van der Waals surface area contributed by atoms with Crippen molar-refractivity contribution in [2.75, 3.05) is 6.61 Å². The first-order valence-corrected chi connectivity index (χ1v) is 6.21. The number of unbranched alkanes of at least 4 members (excludes halogenated alkanes) is 1. The number of terminal acetylenes is 1. The number of rotatable bonds is 4. The molecule has 0 bridgehead atoms. The summed E-state index contributed by atoms with van der Waals surface area (Å²) >= 11 is 0. The highest BCUT2D eigenvalue weighted by Gasteiger charge is 2.38. The van der Waals surface area contributed by atoms with Gasteiger partial charge in [0.1, 0.15) is 12.6 Å². The summed E-state index contributed by atoms with van der Waals surface area (Å²) in [6, 6.07) is 9.08. The molecule has 0 radical (unpaired) electrons. The van der Waals surface area contributed by atoms with Crippen LogP contribution in [0.4, 0.5) is 4.79 Å². The van der Waals surface area contributed by atoms with Gasteiger partial charge in [0.25, 0.3) is 0 Å². The van der Waals surface area contributed by atoms with Gasteiger partial charge in [0, 0.05) is 12.8 Å². The van der Waals surface area contributed by atoms with E-state index in [1.54, 1.807) is 0 Å². The summed E-state index contributed by atoms with van der Waals surface area (Å²) in [5.74, 6) is 2.25. The SMILES string of the molecule is C#CCCCC(=O)N1C(=O)OC[C@@H]1c1ccccc1. The molecular formula is C15H15NO3. The quantitative estimate of drug-likeness (QED) is 0.615. The highest BCUT2D eigenvalue weighted by molar-refractivity contribution is 5.93. The molecule has 2 rings (SSSR count). The molecule has 1 heterocycles. The zero-order valence-electron chi connectivity index (χ0n) is 10.5. The molecule has 1 aromatic rings. The summed E-state index contributed by atoms with van der Waals surface area (Å²) in [4.78, 5) is 24.9. The van der Waals surface area contributed by atoms with E-state index < -0.39 is 6.09 Å². The van der Waals surface area contributed by atoms with Crippen molar-refractivity contribution in [1.29, 1.82) is 0 Å². The Hall–Kier alpha value is -2.28. The number of imide groups is 1. The van der Waals surface area contributed by atoms with E-state index in [1.807, 2.05) is 30.3 Å². The lowest BCUT2D eigenvalue weighted by Gasteiger charge is -2.19. The van der Waals surface area contributed by atoms with Crippen LogP contribution in [-0.4, -0.2) is 23.5 Å². The van der Waals surface area contributed by atoms with Gasteiger partial charge in [-0.25, -0.2) is 9.69 Å². The lowest BCUT2D eigenvalue weighted by Crippen LogP contribution is -2.33. The molecule has 0 aromatic heterocycles. The highest BCUT2D eigenvalue weighted by atomic mass is 16.6. The number of nitrogens with zero attached hydrogens (tertiary/aromatic N) is 1. The van der Waals surface area contributed by atoms with Crippen LogP contribution in [0, 0.1) is 12.3 Å². The minimum Gasteiger partial charge on any atom is -0.446 e. The van der Waals surface area contributed by atoms with Crippen LogP contribution < -0.4 is 0 Å². The summed E-state index contributed by atoms with van der Waals surface area (Å²) in [6.07, 6.45) is 5.96. The van der Waals surface area contributed by atoms with E-state index in [0.29, 0.717) is 12.8 Å². The third kappa shape index (κ3) is 2.94. The van der Waals surface area contributed by atoms with Crippen molar-refractivity contribution in [1.82, 2.24) is 4.90 Å². The Kier molecular flexibility index (Phi) is 4.19. The first-order chi connectivity index (χ1) is 9.24. The van der Waals surface area contributed by atoms with Crippen LogP contribution >= 0.6 is 0 Å². The fourth-order valence-corrected chi connectivity index (χ4v) is 2.08. The molecule has 98 valence electrons. The topological polar surface area (TPSA) is 46.6 Å². The van der Waals surface area contributed by atoms with Crippen LogP contribution in [0.15, 0.2) is 30.3 Å². The number of cyclic esters (lactones) is 1. The molecule has 4 heteroatoms. The Morgan fingerprint density at radius 2 is 2.16 bits per heavy atom. The Bertz CT molecular complexity index is 504. The van der Waals surface area contributed by atoms with Gasteiger partial charge >= 0.3 is 6.09 Å². The van der Waals surface area contributed by atoms with E-state index in [-0.39, 0.29) is 25.0 Å². The minimum absolute atomic E-state index is 0.212. The molecule has 4 nitrogen and oxygen atoms in total. The monoisotopic (exact) mass is 257 g/mol. The summed E-state index contributed by atoms with van der Waals surface area (Å²) in [5.41, 5.74) is 0.902. The maximum absolute atomic E-state index is 12.1. The normalized spacial score (nSPS) is 17.9. The van der Waals surface area contributed by atoms with E-state index in [4.69, 9.17) is 11.2 Å². The summed E-state index contributed by atoms with van der Waals surface area (Å²) in [5, 5.41) is 0. The average molecular weight is 257 g/mol. The van der Waals surface area contributed by atoms with Crippen molar-refractivity contribution < 1.29 is 14.3 Å². The number of benzene rings is 1. The third-order valence-corrected chi connectivity index (χ3v) is 3.04. The van der Waals surface area contributed by atoms with E-state index in [1.165, 1.54) is 4.90 Å². The van der Waals surface area contributed by atoms with Crippen LogP contribution in [0.25, 0.3) is 0 Å². The number of carbonyl (C=O) groups is 2. The van der Waals surface area contributed by atoms with Crippen LogP contribution in [0.1, 0.15) is 30.9 Å². The van der Waals surface area contributed by atoms with Gasteiger partial charge in [0.05, 0.1) is 0 Å². The van der Waals surface area contributed by atoms with Gasteiger partial charge in [-0.3, -0.25) is 4.79 Å². The van der Waals surface area contributed by atoms with Crippen molar-refractivity contribution in [3.63, 3.8) is 0 Å². The largest absolute Gasteiger partial charge is 0.446 e. The number of carbonyl (C=O) groups excluding carboxylic acids is 2. The molecule has 1 aliphatic rings. The van der Waals surface area contributed by atoms with Crippen LogP contribution in [0.5, 0.6) is 0 Å². The Labute approximate surface area is 112 Å². The molecular weight excluding hydrogens is 242 g/mol. The third-order valence-electron chi connectivity index (χ3n) is 3.04. The summed E-state index contributed by atoms with van der Waals surface area (Å²) in [6.45, 7) is 0.212. The maximum atomic E-state index is 12.1. The van der Waals surface area contributed by atoms with Gasteiger partial charge in [-0.1, -0.05) is 30.3 Å². The van der Waals surface area contributed by atoms with Gasteiger partial charge < -0.3 is 4.74 Å². The predicted octanol–water partition coefficient (Wildman–Crippen LogP) is 2.51. The zero-order chi connectivity index (χ0) is 13.7. The maximum Gasteiger partial charge on any atom is 0.417 e. The molecule has 1 atom stereocenters. The first-order valence-electron chi connectivity index (χ1n) is 6.21. The second kappa shape index (κ2) is 6.05. The molecule has 1 fully saturated rings. The second-order valence-electron chi connectivity index (χ2n) is 4.32. The van der Waals surface area contributed by atoms with Crippen LogP contribution in [0.2, 0.25) is 0 Å². The molecule has 0 aliphatic carbocycles. The zero-order valence-corrected chi connectivity index (χ0v) is 10.5. The second-order valence-corrected chi connectivity index (χ2v) is 4.32. The summed E-state index contributed by atoms with van der Waals surface area (Å²) in [7, 11) is 0. The Balaban J connectivity index is 2.10. The van der Waals surface area contributed by atoms with Crippen molar-refractivity contribution in [2.45, 2.75) is 25.3 Å².